The third kappa shape index (κ3) is 5.23. The number of furan rings is 2. The van der Waals surface area contributed by atoms with E-state index >= 15 is 0 Å². The SMILES string of the molecule is C=C/C=C\C(=C/C)c1ccc(-c2cccc3oc4cccc(-c5nc(-c6ccccc6)nc(-c6cccc7oc8ccccc8c67)n5)c4c23)cc1. The van der Waals surface area contributed by atoms with Crippen molar-refractivity contribution in [3.8, 4) is 45.3 Å². The van der Waals surface area contributed by atoms with Gasteiger partial charge in [-0.15, -0.1) is 0 Å². The molecule has 242 valence electrons. The highest BCUT2D eigenvalue weighted by Crippen LogP contribution is 2.42. The molecule has 3 aromatic heterocycles. The number of fused-ring (bicyclic) bond motifs is 6. The Morgan fingerprint density at radius 1 is 0.510 bits per heavy atom. The van der Waals surface area contributed by atoms with E-state index in [4.69, 9.17) is 23.8 Å². The van der Waals surface area contributed by atoms with E-state index in [0.717, 1.165) is 82.8 Å². The lowest BCUT2D eigenvalue weighted by Gasteiger charge is -2.11. The van der Waals surface area contributed by atoms with Gasteiger partial charge in [0.15, 0.2) is 17.5 Å². The molecule has 0 fully saturated rings. The largest absolute Gasteiger partial charge is 0.456 e. The molecule has 0 amide bonds. The fourth-order valence-electron chi connectivity index (χ4n) is 6.96. The zero-order valence-electron chi connectivity index (χ0n) is 27.9. The van der Waals surface area contributed by atoms with Gasteiger partial charge in [-0.2, -0.15) is 0 Å². The molecule has 0 N–H and O–H groups in total. The van der Waals surface area contributed by atoms with Crippen LogP contribution in [0.1, 0.15) is 12.5 Å². The number of nitrogens with zero attached hydrogens (tertiary/aromatic N) is 3. The van der Waals surface area contributed by atoms with Crippen LogP contribution in [0, 0.1) is 0 Å². The normalized spacial score (nSPS) is 12.1. The fraction of sp³-hybridized carbons (Fsp3) is 0.0217. The highest BCUT2D eigenvalue weighted by atomic mass is 16.3. The molecule has 0 bridgehead atoms. The third-order valence-corrected chi connectivity index (χ3v) is 9.33. The summed E-state index contributed by atoms with van der Waals surface area (Å²) in [5.74, 6) is 1.72. The Morgan fingerprint density at radius 3 is 1.75 bits per heavy atom. The van der Waals surface area contributed by atoms with Gasteiger partial charge in [0.1, 0.15) is 22.3 Å². The van der Waals surface area contributed by atoms with Crippen molar-refractivity contribution in [2.45, 2.75) is 6.92 Å². The van der Waals surface area contributed by atoms with Crippen molar-refractivity contribution in [2.75, 3.05) is 0 Å². The molecule has 3 heterocycles. The van der Waals surface area contributed by atoms with Crippen molar-refractivity contribution < 1.29 is 8.83 Å². The van der Waals surface area contributed by atoms with E-state index in [9.17, 15) is 0 Å². The Balaban J connectivity index is 1.28. The molecular weight excluding hydrogens is 627 g/mol. The Labute approximate surface area is 294 Å². The van der Waals surface area contributed by atoms with Crippen LogP contribution in [-0.4, -0.2) is 15.0 Å². The number of hydrogen-bond donors (Lipinski definition) is 0. The molecule has 5 heteroatoms. The van der Waals surface area contributed by atoms with Crippen molar-refractivity contribution in [3.05, 3.63) is 170 Å². The van der Waals surface area contributed by atoms with Crippen LogP contribution in [0.4, 0.5) is 0 Å². The number of para-hydroxylation sites is 1. The van der Waals surface area contributed by atoms with Gasteiger partial charge in [-0.05, 0) is 53.5 Å². The number of rotatable bonds is 7. The van der Waals surface area contributed by atoms with E-state index < -0.39 is 0 Å². The second-order valence-electron chi connectivity index (χ2n) is 12.3. The molecule has 9 aromatic rings. The first-order valence-electron chi connectivity index (χ1n) is 16.9. The Kier molecular flexibility index (Phi) is 7.44. The molecule has 0 aliphatic heterocycles. The van der Waals surface area contributed by atoms with Gasteiger partial charge in [-0.25, -0.2) is 15.0 Å². The van der Waals surface area contributed by atoms with Crippen LogP contribution < -0.4 is 0 Å². The molecule has 0 aliphatic rings. The van der Waals surface area contributed by atoms with E-state index in [1.165, 1.54) is 0 Å². The van der Waals surface area contributed by atoms with Gasteiger partial charge in [0.2, 0.25) is 0 Å². The van der Waals surface area contributed by atoms with E-state index in [1.54, 1.807) is 6.08 Å². The van der Waals surface area contributed by atoms with Gasteiger partial charge < -0.3 is 8.83 Å². The minimum absolute atomic E-state index is 0.564. The second kappa shape index (κ2) is 12.6. The molecule has 0 aliphatic carbocycles. The highest BCUT2D eigenvalue weighted by molar-refractivity contribution is 6.17. The van der Waals surface area contributed by atoms with Crippen LogP contribution in [-0.2, 0) is 0 Å². The zero-order chi connectivity index (χ0) is 34.3. The van der Waals surface area contributed by atoms with Gasteiger partial charge in [-0.3, -0.25) is 0 Å². The summed E-state index contributed by atoms with van der Waals surface area (Å²) in [7, 11) is 0. The van der Waals surface area contributed by atoms with E-state index in [-0.39, 0.29) is 0 Å². The maximum atomic E-state index is 6.51. The summed E-state index contributed by atoms with van der Waals surface area (Å²) in [6.45, 7) is 5.86. The van der Waals surface area contributed by atoms with Gasteiger partial charge >= 0.3 is 0 Å². The number of aromatic nitrogens is 3. The van der Waals surface area contributed by atoms with Crippen molar-refractivity contribution in [2.24, 2.45) is 0 Å². The lowest BCUT2D eigenvalue weighted by molar-refractivity contribution is 0.668. The number of hydrogen-bond acceptors (Lipinski definition) is 5. The minimum atomic E-state index is 0.564. The van der Waals surface area contributed by atoms with E-state index in [0.29, 0.717) is 17.5 Å². The highest BCUT2D eigenvalue weighted by Gasteiger charge is 2.21. The van der Waals surface area contributed by atoms with Gasteiger partial charge in [0.25, 0.3) is 0 Å². The summed E-state index contributed by atoms with van der Waals surface area (Å²) in [6, 6.07) is 45.1. The zero-order valence-corrected chi connectivity index (χ0v) is 27.9. The summed E-state index contributed by atoms with van der Waals surface area (Å²) in [5, 5.41) is 3.96. The van der Waals surface area contributed by atoms with E-state index in [1.807, 2.05) is 97.9 Å². The maximum absolute atomic E-state index is 6.51. The predicted octanol–water partition coefficient (Wildman–Crippen LogP) is 12.5. The van der Waals surface area contributed by atoms with Crippen molar-refractivity contribution in [3.63, 3.8) is 0 Å². The van der Waals surface area contributed by atoms with Crippen molar-refractivity contribution in [1.82, 2.24) is 15.0 Å². The van der Waals surface area contributed by atoms with Crippen LogP contribution >= 0.6 is 0 Å². The molecule has 0 saturated carbocycles. The summed E-state index contributed by atoms with van der Waals surface area (Å²) in [4.78, 5) is 15.4. The quantitative estimate of drug-likeness (QED) is 0.160. The third-order valence-electron chi connectivity index (χ3n) is 9.33. The maximum Gasteiger partial charge on any atom is 0.164 e. The molecular formula is C46H31N3O2. The van der Waals surface area contributed by atoms with Gasteiger partial charge in [0.05, 0.1) is 0 Å². The smallest absolute Gasteiger partial charge is 0.164 e. The van der Waals surface area contributed by atoms with Gasteiger partial charge in [0, 0.05) is 38.2 Å². The average molecular weight is 658 g/mol. The molecule has 0 spiro atoms. The minimum Gasteiger partial charge on any atom is -0.456 e. The van der Waals surface area contributed by atoms with Crippen LogP contribution in [0.25, 0.3) is 94.7 Å². The molecule has 0 saturated heterocycles. The van der Waals surface area contributed by atoms with Crippen LogP contribution in [0.3, 0.4) is 0 Å². The van der Waals surface area contributed by atoms with Crippen LogP contribution in [0.5, 0.6) is 0 Å². The summed E-state index contributed by atoms with van der Waals surface area (Å²) >= 11 is 0. The molecule has 51 heavy (non-hydrogen) atoms. The topological polar surface area (TPSA) is 65.0 Å². The predicted molar refractivity (Wildman–Crippen MR) is 209 cm³/mol. The lowest BCUT2D eigenvalue weighted by Crippen LogP contribution is -2.00. The summed E-state index contributed by atoms with van der Waals surface area (Å²) in [5.41, 5.74) is 10.3. The summed E-state index contributed by atoms with van der Waals surface area (Å²) < 4.78 is 12.8. The molecule has 0 radical (unpaired) electrons. The Morgan fingerprint density at radius 2 is 1.06 bits per heavy atom. The van der Waals surface area contributed by atoms with Crippen LogP contribution in [0.2, 0.25) is 0 Å². The molecule has 0 unspecified atom stereocenters. The first-order valence-corrected chi connectivity index (χ1v) is 16.9. The Hall–Kier alpha value is -6.85. The first-order chi connectivity index (χ1) is 25.2. The summed E-state index contributed by atoms with van der Waals surface area (Å²) in [6.07, 6.45) is 7.92. The molecule has 5 nitrogen and oxygen atoms in total. The van der Waals surface area contributed by atoms with Crippen molar-refractivity contribution >= 4 is 49.5 Å². The average Bonchev–Trinajstić information content (AvgIpc) is 3.77. The molecule has 0 atom stereocenters. The Bertz CT molecular complexity index is 2820. The van der Waals surface area contributed by atoms with Crippen LogP contribution in [0.15, 0.2) is 173 Å². The second-order valence-corrected chi connectivity index (χ2v) is 12.3. The molecule has 9 rings (SSSR count). The number of benzene rings is 6. The standard InChI is InChI=1S/C46H31N3O2/c1-3-5-14-29(4-2)30-25-27-31(28-26-30)33-18-11-23-39-42(33)43-36(20-13-24-40(43)51-39)46-48-44(32-15-7-6-8-16-32)47-45(49-46)35-19-12-22-38-41(35)34-17-9-10-21-37(34)50-38/h3-28H,1H2,2H3/b14-5-,29-4+. The lowest BCUT2D eigenvalue weighted by atomic mass is 9.95. The monoisotopic (exact) mass is 657 g/mol. The van der Waals surface area contributed by atoms with Crippen molar-refractivity contribution in [1.29, 1.82) is 0 Å². The first kappa shape index (κ1) is 30.2. The van der Waals surface area contributed by atoms with Gasteiger partial charge in [-0.1, -0.05) is 140 Å². The molecule has 6 aromatic carbocycles. The fourth-order valence-corrected chi connectivity index (χ4v) is 6.96. The van der Waals surface area contributed by atoms with E-state index in [2.05, 4.69) is 67.3 Å². The number of allylic oxidation sites excluding steroid dienone is 5.